The zero-order valence-electron chi connectivity index (χ0n) is 16.2. The Morgan fingerprint density at radius 3 is 2.68 bits per heavy atom. The average Bonchev–Trinajstić information content (AvgIpc) is 3.13. The summed E-state index contributed by atoms with van der Waals surface area (Å²) in [5.41, 5.74) is 1.86. The Kier molecular flexibility index (Phi) is 5.23. The molecule has 2 aromatic heterocycles. The van der Waals surface area contributed by atoms with E-state index < -0.39 is 5.97 Å². The van der Waals surface area contributed by atoms with Crippen molar-refractivity contribution in [2.45, 2.75) is 33.1 Å². The Morgan fingerprint density at radius 2 is 1.96 bits per heavy atom. The highest BCUT2D eigenvalue weighted by atomic mass is 16.5. The van der Waals surface area contributed by atoms with Gasteiger partial charge in [-0.1, -0.05) is 35.5 Å². The molecule has 0 aliphatic carbocycles. The molecule has 3 aromatic rings. The fraction of sp³-hybridized carbons (Fsp3) is 0.429. The normalized spacial score (nSPS) is 15.1. The predicted molar refractivity (Wildman–Crippen MR) is 105 cm³/mol. The van der Waals surface area contributed by atoms with E-state index >= 15 is 0 Å². The molecule has 0 saturated carbocycles. The Labute approximate surface area is 163 Å². The molecule has 146 valence electrons. The van der Waals surface area contributed by atoms with Gasteiger partial charge in [0.1, 0.15) is 17.0 Å². The molecule has 0 radical (unpaired) electrons. The summed E-state index contributed by atoms with van der Waals surface area (Å²) < 4.78 is 10.4. The third-order valence-corrected chi connectivity index (χ3v) is 5.18. The Bertz CT molecular complexity index is 962. The van der Waals surface area contributed by atoms with Crippen LogP contribution in [0.4, 0.5) is 5.82 Å². The molecule has 4 rings (SSSR count). The number of carbonyl (C=O) groups is 1. The summed E-state index contributed by atoms with van der Waals surface area (Å²) in [5, 5.41) is 4.45. The maximum Gasteiger partial charge on any atom is 0.361 e. The van der Waals surface area contributed by atoms with Crippen molar-refractivity contribution in [3.05, 3.63) is 47.4 Å². The third kappa shape index (κ3) is 3.69. The van der Waals surface area contributed by atoms with Crippen molar-refractivity contribution in [1.82, 2.24) is 15.1 Å². The van der Waals surface area contributed by atoms with Crippen molar-refractivity contribution >= 4 is 22.9 Å². The molecule has 1 fully saturated rings. The Hall–Kier alpha value is -2.96. The minimum atomic E-state index is -0.506. The third-order valence-electron chi connectivity index (χ3n) is 5.18. The van der Waals surface area contributed by atoms with Crippen LogP contribution >= 0.6 is 0 Å². The molecule has 0 N–H and O–H groups in total. The summed E-state index contributed by atoms with van der Waals surface area (Å²) in [6.07, 6.45) is 3.23. The molecule has 7 heteroatoms. The summed E-state index contributed by atoms with van der Waals surface area (Å²) in [6.45, 7) is 5.60. The molecule has 0 bridgehead atoms. The molecule has 0 unspecified atom stereocenters. The Balaban J connectivity index is 1.56. The first kappa shape index (κ1) is 18.4. The monoisotopic (exact) mass is 380 g/mol. The van der Waals surface area contributed by atoms with Gasteiger partial charge in [0.15, 0.2) is 0 Å². The zero-order chi connectivity index (χ0) is 19.5. The van der Waals surface area contributed by atoms with Gasteiger partial charge >= 0.3 is 5.97 Å². The van der Waals surface area contributed by atoms with E-state index in [1.54, 1.807) is 6.92 Å². The van der Waals surface area contributed by atoms with Gasteiger partial charge in [-0.15, -0.1) is 0 Å². The van der Waals surface area contributed by atoms with E-state index in [0.29, 0.717) is 28.7 Å². The van der Waals surface area contributed by atoms with E-state index in [2.05, 4.69) is 50.4 Å². The number of anilines is 1. The number of benzene rings is 1. The standard InChI is InChI=1S/C21H24N4O3/c1-3-27-21(26)18-17-19(22-14(2)23-20(17)28-24-18)25-11-9-16(10-12-25)13-15-7-5-4-6-8-15/h4-8,16H,3,9-13H2,1-2H3. The molecule has 0 atom stereocenters. The van der Waals surface area contributed by atoms with Crippen LogP contribution in [-0.4, -0.2) is 40.8 Å². The lowest BCUT2D eigenvalue weighted by molar-refractivity contribution is 0.0517. The van der Waals surface area contributed by atoms with Crippen LogP contribution in [-0.2, 0) is 11.2 Å². The quantitative estimate of drug-likeness (QED) is 0.626. The van der Waals surface area contributed by atoms with Crippen molar-refractivity contribution < 1.29 is 14.1 Å². The number of nitrogens with zero attached hydrogens (tertiary/aromatic N) is 4. The summed E-state index contributed by atoms with van der Waals surface area (Å²) in [6, 6.07) is 10.6. The van der Waals surface area contributed by atoms with Crippen LogP contribution < -0.4 is 4.90 Å². The first-order valence-corrected chi connectivity index (χ1v) is 9.75. The fourth-order valence-corrected chi connectivity index (χ4v) is 3.80. The minimum absolute atomic E-state index is 0.151. The number of rotatable bonds is 5. The lowest BCUT2D eigenvalue weighted by Gasteiger charge is -2.33. The van der Waals surface area contributed by atoms with Crippen LogP contribution in [0.5, 0.6) is 0 Å². The van der Waals surface area contributed by atoms with Crippen LogP contribution in [0, 0.1) is 12.8 Å². The minimum Gasteiger partial charge on any atom is -0.461 e. The van der Waals surface area contributed by atoms with Gasteiger partial charge in [0.25, 0.3) is 5.71 Å². The fourth-order valence-electron chi connectivity index (χ4n) is 3.80. The van der Waals surface area contributed by atoms with Gasteiger partial charge < -0.3 is 14.2 Å². The molecule has 0 spiro atoms. The zero-order valence-corrected chi connectivity index (χ0v) is 16.2. The second-order valence-electron chi connectivity index (χ2n) is 7.15. The van der Waals surface area contributed by atoms with Crippen molar-refractivity contribution in [2.75, 3.05) is 24.6 Å². The highest BCUT2D eigenvalue weighted by molar-refractivity contribution is 6.04. The van der Waals surface area contributed by atoms with Gasteiger partial charge in [0, 0.05) is 13.1 Å². The van der Waals surface area contributed by atoms with Gasteiger partial charge in [-0.3, -0.25) is 0 Å². The summed E-state index contributed by atoms with van der Waals surface area (Å²) in [4.78, 5) is 23.4. The van der Waals surface area contributed by atoms with E-state index in [4.69, 9.17) is 9.26 Å². The van der Waals surface area contributed by atoms with Gasteiger partial charge in [0.05, 0.1) is 6.61 Å². The first-order chi connectivity index (χ1) is 13.7. The molecule has 1 saturated heterocycles. The van der Waals surface area contributed by atoms with Crippen molar-refractivity contribution in [1.29, 1.82) is 0 Å². The lowest BCUT2D eigenvalue weighted by atomic mass is 9.90. The smallest absolute Gasteiger partial charge is 0.361 e. The number of ether oxygens (including phenoxy) is 1. The largest absolute Gasteiger partial charge is 0.461 e. The summed E-state index contributed by atoms with van der Waals surface area (Å²) in [5.74, 6) is 1.45. The van der Waals surface area contributed by atoms with Gasteiger partial charge in [0.2, 0.25) is 5.69 Å². The van der Waals surface area contributed by atoms with E-state index in [1.165, 1.54) is 5.56 Å². The topological polar surface area (TPSA) is 81.3 Å². The highest BCUT2D eigenvalue weighted by Gasteiger charge is 2.28. The molecule has 1 aliphatic heterocycles. The second-order valence-corrected chi connectivity index (χ2v) is 7.15. The molecule has 7 nitrogen and oxygen atoms in total. The van der Waals surface area contributed by atoms with E-state index in [-0.39, 0.29) is 12.3 Å². The maximum absolute atomic E-state index is 12.3. The van der Waals surface area contributed by atoms with Gasteiger partial charge in [-0.25, -0.2) is 9.78 Å². The van der Waals surface area contributed by atoms with Crippen molar-refractivity contribution in [2.24, 2.45) is 5.92 Å². The summed E-state index contributed by atoms with van der Waals surface area (Å²) in [7, 11) is 0. The average molecular weight is 380 g/mol. The van der Waals surface area contributed by atoms with Crippen LogP contribution in [0.15, 0.2) is 34.9 Å². The number of fused-ring (bicyclic) bond motifs is 1. The van der Waals surface area contributed by atoms with Crippen LogP contribution in [0.2, 0.25) is 0 Å². The lowest BCUT2D eigenvalue weighted by Crippen LogP contribution is -2.35. The van der Waals surface area contributed by atoms with Crippen LogP contribution in [0.3, 0.4) is 0 Å². The second kappa shape index (κ2) is 7.96. The molecule has 0 amide bonds. The number of hydrogen-bond donors (Lipinski definition) is 0. The van der Waals surface area contributed by atoms with E-state index in [9.17, 15) is 4.79 Å². The molecule has 28 heavy (non-hydrogen) atoms. The molecule has 1 aliphatic rings. The predicted octanol–water partition coefficient (Wildman–Crippen LogP) is 3.56. The number of aryl methyl sites for hydroxylation is 1. The summed E-state index contributed by atoms with van der Waals surface area (Å²) >= 11 is 0. The molecular formula is C21H24N4O3. The Morgan fingerprint density at radius 1 is 1.21 bits per heavy atom. The number of hydrogen-bond acceptors (Lipinski definition) is 7. The molecule has 3 heterocycles. The van der Waals surface area contributed by atoms with Gasteiger partial charge in [-0.05, 0) is 44.6 Å². The van der Waals surface area contributed by atoms with Crippen LogP contribution in [0.25, 0.3) is 11.1 Å². The number of aromatic nitrogens is 3. The maximum atomic E-state index is 12.3. The van der Waals surface area contributed by atoms with E-state index in [1.807, 2.05) is 6.92 Å². The number of carbonyl (C=O) groups excluding carboxylic acids is 1. The molecular weight excluding hydrogens is 356 g/mol. The van der Waals surface area contributed by atoms with Crippen LogP contribution in [0.1, 0.15) is 41.6 Å². The van der Waals surface area contributed by atoms with E-state index in [0.717, 1.165) is 32.4 Å². The van der Waals surface area contributed by atoms with Crippen molar-refractivity contribution in [3.63, 3.8) is 0 Å². The number of piperidine rings is 1. The first-order valence-electron chi connectivity index (χ1n) is 9.75. The highest BCUT2D eigenvalue weighted by Crippen LogP contribution is 2.31. The SMILES string of the molecule is CCOC(=O)c1noc2nc(C)nc(N3CCC(Cc4ccccc4)CC3)c12. The number of esters is 1. The van der Waals surface area contributed by atoms with Gasteiger partial charge in [-0.2, -0.15) is 4.98 Å². The van der Waals surface area contributed by atoms with Crippen molar-refractivity contribution in [3.8, 4) is 0 Å². The molecule has 1 aromatic carbocycles.